The number of likely N-dealkylation sites (N-methyl/N-ethyl adjacent to an activating group) is 1. The van der Waals surface area contributed by atoms with Gasteiger partial charge in [0.25, 0.3) is 0 Å². The molecule has 4 aliphatic rings. The van der Waals surface area contributed by atoms with E-state index in [4.69, 9.17) is 5.73 Å². The number of phenols is 1. The minimum atomic E-state index is -2.72. The highest BCUT2D eigenvalue weighted by Crippen LogP contribution is 2.52. The van der Waals surface area contributed by atoms with Crippen LogP contribution < -0.4 is 10.6 Å². The summed E-state index contributed by atoms with van der Waals surface area (Å²) in [6.45, 7) is 4.50. The Kier molecular flexibility index (Phi) is 8.78. The molecular weight excluding hydrogens is 564 g/mol. The van der Waals surface area contributed by atoms with Crippen LogP contribution in [0.3, 0.4) is 0 Å². The summed E-state index contributed by atoms with van der Waals surface area (Å²) >= 11 is 0. The Bertz CT molecular complexity index is 1380. The Morgan fingerprint density at radius 2 is 1.70 bits per heavy atom. The Morgan fingerprint density at radius 1 is 1.05 bits per heavy atom. The summed E-state index contributed by atoms with van der Waals surface area (Å²) in [4.78, 5) is 73.1. The molecule has 11 nitrogen and oxygen atoms in total. The molecule has 3 saturated carbocycles. The van der Waals surface area contributed by atoms with Gasteiger partial charge >= 0.3 is 0 Å². The number of hydrogen-bond donors (Lipinski definition) is 3. The summed E-state index contributed by atoms with van der Waals surface area (Å²) in [5, 5.41) is 23.1. The molecule has 2 unspecified atom stereocenters. The summed E-state index contributed by atoms with van der Waals surface area (Å²) in [7, 11) is 6.94. The minimum absolute atomic E-state index is 0.0272. The van der Waals surface area contributed by atoms with Gasteiger partial charge in [-0.2, -0.15) is 0 Å². The lowest BCUT2D eigenvalue weighted by molar-refractivity contribution is -0.181. The normalized spacial score (nSPS) is 30.8. The predicted molar refractivity (Wildman–Crippen MR) is 163 cm³/mol. The van der Waals surface area contributed by atoms with Crippen molar-refractivity contribution < 1.29 is 34.2 Å². The summed E-state index contributed by atoms with van der Waals surface area (Å²) in [5.41, 5.74) is 5.04. The molecule has 11 heteroatoms. The van der Waals surface area contributed by atoms with E-state index in [-0.39, 0.29) is 24.2 Å². The van der Waals surface area contributed by atoms with Crippen molar-refractivity contribution in [2.75, 3.05) is 46.2 Å². The van der Waals surface area contributed by atoms with Gasteiger partial charge in [-0.25, -0.2) is 0 Å². The molecule has 1 aromatic carbocycles. The zero-order valence-electron chi connectivity index (χ0n) is 26.5. The molecule has 1 amide bonds. The smallest absolute Gasteiger partial charge is 0.235 e. The first-order valence-corrected chi connectivity index (χ1v) is 15.9. The highest BCUT2D eigenvalue weighted by Gasteiger charge is 2.69. The van der Waals surface area contributed by atoms with Crippen LogP contribution in [0.4, 0.5) is 5.69 Å². The van der Waals surface area contributed by atoms with Crippen molar-refractivity contribution in [2.45, 2.75) is 70.1 Å². The maximum absolute atomic E-state index is 14.1. The number of fused-ring (bicyclic) bond motifs is 3. The predicted octanol–water partition coefficient (Wildman–Crippen LogP) is 1.34. The van der Waals surface area contributed by atoms with Crippen molar-refractivity contribution in [3.05, 3.63) is 22.8 Å². The number of phenolic OH excluding ortho intramolecular Hbond substituents is 1. The molecule has 5 rings (SSSR count). The number of anilines is 1. The number of amides is 1. The number of aromatic hydroxyl groups is 1. The number of Topliss-reactive ketones (excluding diaryl/α,β-unsaturated/α-hetero) is 4. The lowest BCUT2D eigenvalue weighted by atomic mass is 9.52. The number of benzene rings is 1. The maximum Gasteiger partial charge on any atom is 0.235 e. The summed E-state index contributed by atoms with van der Waals surface area (Å²) in [6, 6.07) is 0.485. The Labute approximate surface area is 258 Å². The van der Waals surface area contributed by atoms with Crippen LogP contribution in [0.2, 0.25) is 0 Å². The average Bonchev–Trinajstić information content (AvgIpc) is 2.94. The molecule has 1 aromatic rings. The largest absolute Gasteiger partial charge is 0.507 e. The van der Waals surface area contributed by atoms with Gasteiger partial charge in [0, 0.05) is 38.8 Å². The molecular formula is C33H46N4O7. The molecule has 240 valence electrons. The highest BCUT2D eigenvalue weighted by molar-refractivity contribution is 6.32. The van der Waals surface area contributed by atoms with Crippen LogP contribution in [0.15, 0.2) is 6.07 Å². The first kappa shape index (κ1) is 32.2. The van der Waals surface area contributed by atoms with Gasteiger partial charge in [-0.3, -0.25) is 33.8 Å². The summed E-state index contributed by atoms with van der Waals surface area (Å²) in [6.07, 6.45) is 6.49. The van der Waals surface area contributed by atoms with Crippen molar-refractivity contribution >= 4 is 34.7 Å². The number of nitrogens with two attached hydrogens (primary N) is 1. The van der Waals surface area contributed by atoms with Crippen molar-refractivity contribution in [3.8, 4) is 5.75 Å². The van der Waals surface area contributed by atoms with Crippen LogP contribution in [-0.2, 0) is 32.1 Å². The minimum Gasteiger partial charge on any atom is -0.507 e. The molecule has 6 atom stereocenters. The van der Waals surface area contributed by atoms with E-state index in [1.54, 1.807) is 20.2 Å². The Hall–Kier alpha value is -3.15. The second-order valence-electron chi connectivity index (χ2n) is 13.8. The fraction of sp³-hybridized carbons (Fsp3) is 0.667. The van der Waals surface area contributed by atoms with E-state index in [9.17, 15) is 34.2 Å². The van der Waals surface area contributed by atoms with E-state index in [2.05, 4.69) is 11.8 Å². The van der Waals surface area contributed by atoms with Gasteiger partial charge in [-0.1, -0.05) is 26.2 Å². The van der Waals surface area contributed by atoms with E-state index >= 15 is 0 Å². The van der Waals surface area contributed by atoms with Gasteiger partial charge in [0.2, 0.25) is 5.91 Å². The SMILES string of the molecule is CCN(Cc1cc(O)c2c(c1N(C)C)C[C@H]1C[C@H]3[C@H](N(C)C)C(=O)C(C(N)=O)C(=O)[C@@]3(O)C(=O)C1C2=O)CC1CCCCC1. The van der Waals surface area contributed by atoms with Crippen molar-refractivity contribution in [2.24, 2.45) is 35.3 Å². The van der Waals surface area contributed by atoms with Crippen LogP contribution >= 0.6 is 0 Å². The van der Waals surface area contributed by atoms with Gasteiger partial charge < -0.3 is 20.8 Å². The molecule has 3 fully saturated rings. The second kappa shape index (κ2) is 12.0. The van der Waals surface area contributed by atoms with Gasteiger partial charge in [-0.15, -0.1) is 0 Å². The third-order valence-corrected chi connectivity index (χ3v) is 10.6. The molecule has 0 saturated heterocycles. The highest BCUT2D eigenvalue weighted by atomic mass is 16.3. The van der Waals surface area contributed by atoms with E-state index < -0.39 is 64.4 Å². The van der Waals surface area contributed by atoms with Gasteiger partial charge in [0.1, 0.15) is 5.75 Å². The first-order valence-electron chi connectivity index (χ1n) is 15.9. The summed E-state index contributed by atoms with van der Waals surface area (Å²) in [5.74, 6) is -9.67. The number of aliphatic hydroxyl groups is 1. The molecule has 0 aliphatic heterocycles. The first-order chi connectivity index (χ1) is 20.7. The number of rotatable bonds is 8. The monoisotopic (exact) mass is 610 g/mol. The molecule has 0 radical (unpaired) electrons. The van der Waals surface area contributed by atoms with Crippen LogP contribution in [0, 0.1) is 29.6 Å². The van der Waals surface area contributed by atoms with Crippen molar-refractivity contribution in [1.82, 2.24) is 9.80 Å². The third kappa shape index (κ3) is 5.06. The topological polar surface area (TPSA) is 162 Å². The van der Waals surface area contributed by atoms with E-state index in [0.717, 1.165) is 24.3 Å². The van der Waals surface area contributed by atoms with Crippen molar-refractivity contribution in [1.29, 1.82) is 0 Å². The van der Waals surface area contributed by atoms with Gasteiger partial charge in [0.05, 0.1) is 17.5 Å². The van der Waals surface area contributed by atoms with Gasteiger partial charge in [0.15, 0.2) is 34.7 Å². The zero-order chi connectivity index (χ0) is 32.2. The third-order valence-electron chi connectivity index (χ3n) is 10.6. The zero-order valence-corrected chi connectivity index (χ0v) is 26.5. The maximum atomic E-state index is 14.1. The molecule has 0 bridgehead atoms. The second-order valence-corrected chi connectivity index (χ2v) is 13.8. The van der Waals surface area contributed by atoms with Gasteiger partial charge in [-0.05, 0) is 75.4 Å². The fourth-order valence-electron chi connectivity index (χ4n) is 8.69. The molecule has 0 heterocycles. The van der Waals surface area contributed by atoms with E-state index in [1.165, 1.54) is 37.0 Å². The average molecular weight is 611 g/mol. The van der Waals surface area contributed by atoms with Crippen LogP contribution in [0.25, 0.3) is 0 Å². The molecule has 0 aromatic heterocycles. The van der Waals surface area contributed by atoms with E-state index in [0.29, 0.717) is 18.0 Å². The number of ketones is 4. The molecule has 0 spiro atoms. The number of nitrogens with zero attached hydrogens (tertiary/aromatic N) is 3. The lowest BCUT2D eigenvalue weighted by Crippen LogP contribution is -2.74. The number of hydrogen-bond acceptors (Lipinski definition) is 10. The fourth-order valence-corrected chi connectivity index (χ4v) is 8.69. The lowest BCUT2D eigenvalue weighted by Gasteiger charge is -2.52. The number of carbonyl (C=O) groups excluding carboxylic acids is 5. The van der Waals surface area contributed by atoms with Crippen LogP contribution in [0.1, 0.15) is 66.9 Å². The Morgan fingerprint density at radius 3 is 2.27 bits per heavy atom. The van der Waals surface area contributed by atoms with Crippen LogP contribution in [-0.4, -0.2) is 102 Å². The molecule has 4 aliphatic carbocycles. The Balaban J connectivity index is 1.56. The molecule has 4 N–H and O–H groups in total. The summed E-state index contributed by atoms with van der Waals surface area (Å²) < 4.78 is 0. The van der Waals surface area contributed by atoms with E-state index in [1.807, 2.05) is 19.0 Å². The molecule has 44 heavy (non-hydrogen) atoms. The van der Waals surface area contributed by atoms with Crippen molar-refractivity contribution in [3.63, 3.8) is 0 Å². The standard InChI is InChI=1S/C33H46N4O7/c1-6-37(15-17-10-8-7-9-11-17)16-19-14-22(38)24-20(26(19)35(2)3)12-18-13-21-27(36(4)5)29(40)25(32(34)43)31(42)33(21,44)30(41)23(18)28(24)39/h14,17-18,21,23,25,27,38,44H,6-13,15-16H2,1-5H3,(H2,34,43)/t18-,21-,23?,25?,27-,33-/m0/s1. The number of primary amides is 1. The van der Waals surface area contributed by atoms with Crippen LogP contribution in [0.5, 0.6) is 5.75 Å². The quantitative estimate of drug-likeness (QED) is 0.366. The number of carbonyl (C=O) groups is 5.